The Morgan fingerprint density at radius 2 is 1.67 bits per heavy atom. The third-order valence-electron chi connectivity index (χ3n) is 4.80. The number of aliphatic carboxylic acids is 1. The first-order chi connectivity index (χ1) is 18.4. The van der Waals surface area contributed by atoms with Crippen molar-refractivity contribution >= 4 is 29.1 Å². The molecule has 15 heteroatoms. The van der Waals surface area contributed by atoms with E-state index in [0.717, 1.165) is 5.56 Å². The van der Waals surface area contributed by atoms with Gasteiger partial charge in [0.05, 0.1) is 12.2 Å². The highest BCUT2D eigenvalue weighted by atomic mass is 19.4. The van der Waals surface area contributed by atoms with E-state index in [4.69, 9.17) is 15.0 Å². The molecule has 1 aliphatic heterocycles. The Balaban J connectivity index is 0.000000532. The average Bonchev–Trinajstić information content (AvgIpc) is 3.19. The summed E-state index contributed by atoms with van der Waals surface area (Å²) >= 11 is 0. The van der Waals surface area contributed by atoms with Crippen LogP contribution in [-0.2, 0) is 11.3 Å². The largest absolute Gasteiger partial charge is 0.586 e. The molecule has 1 aliphatic rings. The van der Waals surface area contributed by atoms with Crippen molar-refractivity contribution in [1.29, 1.82) is 0 Å². The number of aromatic nitrogens is 1. The van der Waals surface area contributed by atoms with Gasteiger partial charge in [-0.1, -0.05) is 12.1 Å². The Bertz CT molecular complexity index is 1320. The molecule has 5 N–H and O–H groups in total. The van der Waals surface area contributed by atoms with Crippen molar-refractivity contribution in [2.24, 2.45) is 0 Å². The van der Waals surface area contributed by atoms with E-state index in [1.165, 1.54) is 18.2 Å². The number of hydrogen-bond acceptors (Lipinski definition) is 8. The van der Waals surface area contributed by atoms with Gasteiger partial charge in [0, 0.05) is 36.7 Å². The SMILES string of the molecule is O=C(Nc1ccc2c(c1)OC(F)(F)O2)c1ccccc1NCc1ccnc(NCCO)c1.O=C(O)C(F)(F)F. The van der Waals surface area contributed by atoms with E-state index in [-0.39, 0.29) is 18.1 Å². The third-order valence-corrected chi connectivity index (χ3v) is 4.80. The minimum Gasteiger partial charge on any atom is -0.475 e. The zero-order chi connectivity index (χ0) is 28.6. The van der Waals surface area contributed by atoms with Crippen LogP contribution in [0.2, 0.25) is 0 Å². The average molecular weight is 556 g/mol. The number of anilines is 3. The van der Waals surface area contributed by atoms with E-state index < -0.39 is 24.3 Å². The minimum absolute atomic E-state index is 0.00155. The Kier molecular flexibility index (Phi) is 9.08. The molecule has 1 amide bonds. The molecule has 3 aromatic rings. The van der Waals surface area contributed by atoms with Gasteiger partial charge in [-0.15, -0.1) is 8.78 Å². The number of aliphatic hydroxyl groups is 1. The number of ether oxygens (including phenoxy) is 2. The number of carboxylic acids is 1. The van der Waals surface area contributed by atoms with Crippen LogP contribution in [0, 0.1) is 0 Å². The number of para-hydroxylation sites is 1. The normalized spacial score (nSPS) is 13.1. The molecule has 208 valence electrons. The third kappa shape index (κ3) is 8.43. The molecule has 4 rings (SSSR count). The van der Waals surface area contributed by atoms with Gasteiger partial charge in [-0.3, -0.25) is 4.79 Å². The summed E-state index contributed by atoms with van der Waals surface area (Å²) in [4.78, 5) is 25.9. The lowest BCUT2D eigenvalue weighted by Gasteiger charge is -2.13. The lowest BCUT2D eigenvalue weighted by molar-refractivity contribution is -0.286. The van der Waals surface area contributed by atoms with Crippen LogP contribution >= 0.6 is 0 Å². The smallest absolute Gasteiger partial charge is 0.475 e. The lowest BCUT2D eigenvalue weighted by atomic mass is 10.1. The standard InChI is InChI=1S/C22H20F2N4O4.C2HF3O2/c23-22(24)31-18-6-5-15(12-19(18)32-22)28-21(30)16-3-1-2-4-17(16)27-13-14-7-8-25-20(11-14)26-9-10-29;3-2(4,5)1(6)7/h1-8,11-12,27,29H,9-10,13H2,(H,25,26)(H,28,30);(H,6,7). The number of hydrogen-bond donors (Lipinski definition) is 5. The number of carboxylic acid groups (broad SMARTS) is 1. The molecular formula is C24H21F5N4O6. The van der Waals surface area contributed by atoms with Crippen molar-refractivity contribution in [3.8, 4) is 11.5 Å². The highest BCUT2D eigenvalue weighted by molar-refractivity contribution is 6.08. The van der Waals surface area contributed by atoms with Gasteiger partial charge in [0.25, 0.3) is 5.91 Å². The second-order valence-electron chi connectivity index (χ2n) is 7.68. The summed E-state index contributed by atoms with van der Waals surface area (Å²) in [5.41, 5.74) is 2.19. The van der Waals surface area contributed by atoms with E-state index >= 15 is 0 Å². The summed E-state index contributed by atoms with van der Waals surface area (Å²) < 4.78 is 66.9. The van der Waals surface area contributed by atoms with E-state index in [0.29, 0.717) is 35.8 Å². The van der Waals surface area contributed by atoms with Crippen LogP contribution in [0.5, 0.6) is 11.5 Å². The number of rotatable bonds is 8. The molecule has 0 unspecified atom stereocenters. The topological polar surface area (TPSA) is 142 Å². The van der Waals surface area contributed by atoms with Crippen LogP contribution in [0.25, 0.3) is 0 Å². The molecule has 0 saturated carbocycles. The second-order valence-corrected chi connectivity index (χ2v) is 7.68. The van der Waals surface area contributed by atoms with Gasteiger partial charge in [-0.05, 0) is 42.0 Å². The van der Waals surface area contributed by atoms with Crippen LogP contribution < -0.4 is 25.4 Å². The number of halogens is 5. The summed E-state index contributed by atoms with van der Waals surface area (Å²) in [5, 5.41) is 24.9. The predicted molar refractivity (Wildman–Crippen MR) is 128 cm³/mol. The molecule has 0 saturated heterocycles. The number of pyridine rings is 1. The maximum atomic E-state index is 13.2. The molecule has 39 heavy (non-hydrogen) atoms. The zero-order valence-corrected chi connectivity index (χ0v) is 19.8. The van der Waals surface area contributed by atoms with Crippen molar-refractivity contribution in [2.75, 3.05) is 29.1 Å². The molecule has 0 spiro atoms. The van der Waals surface area contributed by atoms with Crippen LogP contribution in [0.15, 0.2) is 60.8 Å². The van der Waals surface area contributed by atoms with Crippen molar-refractivity contribution in [1.82, 2.24) is 4.98 Å². The van der Waals surface area contributed by atoms with Crippen molar-refractivity contribution in [3.63, 3.8) is 0 Å². The first-order valence-electron chi connectivity index (χ1n) is 11.0. The summed E-state index contributed by atoms with van der Waals surface area (Å²) in [6, 6.07) is 14.7. The molecule has 0 atom stereocenters. The first-order valence-corrected chi connectivity index (χ1v) is 11.0. The fraction of sp³-hybridized carbons (Fsp3) is 0.208. The minimum atomic E-state index is -5.08. The molecule has 0 radical (unpaired) electrons. The first kappa shape index (κ1) is 28.9. The van der Waals surface area contributed by atoms with Gasteiger partial charge in [-0.25, -0.2) is 9.78 Å². The summed E-state index contributed by atoms with van der Waals surface area (Å²) in [6.07, 6.45) is -7.15. The van der Waals surface area contributed by atoms with Crippen molar-refractivity contribution in [3.05, 3.63) is 71.9 Å². The molecule has 1 aromatic heterocycles. The van der Waals surface area contributed by atoms with Crippen LogP contribution in [0.1, 0.15) is 15.9 Å². The fourth-order valence-corrected chi connectivity index (χ4v) is 3.12. The van der Waals surface area contributed by atoms with Gasteiger partial charge in [0.15, 0.2) is 11.5 Å². The Hall–Kier alpha value is -4.66. The number of carbonyl (C=O) groups excluding carboxylic acids is 1. The summed E-state index contributed by atoms with van der Waals surface area (Å²) in [7, 11) is 0. The van der Waals surface area contributed by atoms with Gasteiger partial charge >= 0.3 is 18.4 Å². The van der Waals surface area contributed by atoms with E-state index in [1.54, 1.807) is 30.5 Å². The van der Waals surface area contributed by atoms with Crippen molar-refractivity contribution < 1.29 is 51.2 Å². The Morgan fingerprint density at radius 3 is 2.36 bits per heavy atom. The number of nitrogens with one attached hydrogen (secondary N) is 3. The number of alkyl halides is 5. The lowest BCUT2D eigenvalue weighted by Crippen LogP contribution is -2.25. The number of fused-ring (bicyclic) bond motifs is 1. The van der Waals surface area contributed by atoms with Crippen molar-refractivity contribution in [2.45, 2.75) is 19.0 Å². The molecule has 2 aromatic carbocycles. The summed E-state index contributed by atoms with van der Waals surface area (Å²) in [6.45, 7) is 0.822. The summed E-state index contributed by atoms with van der Waals surface area (Å²) in [5.74, 6) is -2.79. The van der Waals surface area contributed by atoms with E-state index in [9.17, 15) is 26.7 Å². The number of nitrogens with zero attached hydrogens (tertiary/aromatic N) is 1. The molecule has 0 bridgehead atoms. The maximum Gasteiger partial charge on any atom is 0.586 e. The van der Waals surface area contributed by atoms with E-state index in [2.05, 4.69) is 30.4 Å². The molecule has 10 nitrogen and oxygen atoms in total. The van der Waals surface area contributed by atoms with Crippen LogP contribution in [-0.4, -0.2) is 52.7 Å². The fourth-order valence-electron chi connectivity index (χ4n) is 3.12. The highest BCUT2D eigenvalue weighted by Gasteiger charge is 2.43. The monoisotopic (exact) mass is 556 g/mol. The Morgan fingerprint density at radius 1 is 0.974 bits per heavy atom. The van der Waals surface area contributed by atoms with E-state index in [1.807, 2.05) is 12.1 Å². The quantitative estimate of drug-likeness (QED) is 0.257. The molecule has 0 aliphatic carbocycles. The number of carbonyl (C=O) groups is 2. The maximum absolute atomic E-state index is 13.2. The number of aliphatic hydroxyl groups excluding tert-OH is 1. The highest BCUT2D eigenvalue weighted by Crippen LogP contribution is 2.42. The predicted octanol–water partition coefficient (Wildman–Crippen LogP) is 4.31. The second kappa shape index (κ2) is 12.3. The van der Waals surface area contributed by atoms with Gasteiger partial charge < -0.3 is 35.6 Å². The molecule has 0 fully saturated rings. The van der Waals surface area contributed by atoms with Gasteiger partial charge in [0.2, 0.25) is 0 Å². The zero-order valence-electron chi connectivity index (χ0n) is 19.8. The van der Waals surface area contributed by atoms with Gasteiger partial charge in [0.1, 0.15) is 5.82 Å². The Labute approximate surface area is 217 Å². The number of benzene rings is 2. The van der Waals surface area contributed by atoms with Gasteiger partial charge in [-0.2, -0.15) is 13.2 Å². The van der Waals surface area contributed by atoms with Crippen LogP contribution in [0.3, 0.4) is 0 Å². The molecule has 2 heterocycles. The molecular weight excluding hydrogens is 535 g/mol. The number of amides is 1. The van der Waals surface area contributed by atoms with Crippen LogP contribution in [0.4, 0.5) is 39.1 Å².